The summed E-state index contributed by atoms with van der Waals surface area (Å²) in [6.07, 6.45) is -0.574. The van der Waals surface area contributed by atoms with Gasteiger partial charge < -0.3 is 15.0 Å². The summed E-state index contributed by atoms with van der Waals surface area (Å²) in [6, 6.07) is 7.27. The zero-order chi connectivity index (χ0) is 15.4. The molecule has 0 aromatic heterocycles. The fourth-order valence-electron chi connectivity index (χ4n) is 2.18. The molecule has 1 aliphatic rings. The molecule has 1 aromatic rings. The lowest BCUT2D eigenvalue weighted by Crippen LogP contribution is -2.49. The Hall–Kier alpha value is -2.08. The van der Waals surface area contributed by atoms with Gasteiger partial charge in [0.2, 0.25) is 5.91 Å². The van der Waals surface area contributed by atoms with Gasteiger partial charge in [-0.05, 0) is 26.1 Å². The minimum Gasteiger partial charge on any atom is -0.479 e. The van der Waals surface area contributed by atoms with Gasteiger partial charge in [-0.15, -0.1) is 0 Å². The van der Waals surface area contributed by atoms with Crippen molar-refractivity contribution in [3.8, 4) is 5.75 Å². The molecule has 0 aliphatic carbocycles. The fraction of sp³-hybridized carbons (Fsp3) is 0.467. The normalized spacial score (nSPS) is 17.2. The van der Waals surface area contributed by atoms with Crippen LogP contribution in [0.5, 0.6) is 5.75 Å². The summed E-state index contributed by atoms with van der Waals surface area (Å²) in [5.74, 6) is 0.349. The number of rotatable bonds is 5. The number of likely N-dealkylation sites (N-methyl/N-ethyl adjacent to an activating group) is 2. The van der Waals surface area contributed by atoms with Crippen molar-refractivity contribution in [3.05, 3.63) is 24.3 Å². The maximum Gasteiger partial charge on any atom is 0.268 e. The predicted molar refractivity (Wildman–Crippen MR) is 80.4 cm³/mol. The second-order valence-corrected chi connectivity index (χ2v) is 5.07. The molecule has 6 heteroatoms. The molecule has 0 spiro atoms. The fourth-order valence-corrected chi connectivity index (χ4v) is 2.18. The van der Waals surface area contributed by atoms with E-state index in [1.807, 2.05) is 19.2 Å². The summed E-state index contributed by atoms with van der Waals surface area (Å²) < 4.78 is 5.56. The molecule has 0 saturated carbocycles. The highest BCUT2D eigenvalue weighted by Crippen LogP contribution is 2.33. The first-order valence-corrected chi connectivity index (χ1v) is 7.00. The van der Waals surface area contributed by atoms with Crippen molar-refractivity contribution in [1.29, 1.82) is 0 Å². The number of para-hydroxylation sites is 2. The molecule has 0 bridgehead atoms. The van der Waals surface area contributed by atoms with Crippen molar-refractivity contribution in [2.24, 2.45) is 0 Å². The van der Waals surface area contributed by atoms with Crippen molar-refractivity contribution in [2.45, 2.75) is 13.0 Å². The summed E-state index contributed by atoms with van der Waals surface area (Å²) in [6.45, 7) is 3.04. The molecule has 0 radical (unpaired) electrons. The SMILES string of the molecule is CNCCN(C)C(=O)CN1C(=O)C(C)Oc2ccccc21. The zero-order valence-electron chi connectivity index (χ0n) is 12.6. The molecule has 21 heavy (non-hydrogen) atoms. The van der Waals surface area contributed by atoms with Crippen molar-refractivity contribution >= 4 is 17.5 Å². The molecule has 1 atom stereocenters. The molecular formula is C15H21N3O3. The predicted octanol–water partition coefficient (Wildman–Crippen LogP) is 0.478. The number of amides is 2. The molecule has 2 amide bonds. The van der Waals surface area contributed by atoms with Crippen LogP contribution in [0.3, 0.4) is 0 Å². The number of nitrogens with one attached hydrogen (secondary N) is 1. The molecule has 0 saturated heterocycles. The second-order valence-electron chi connectivity index (χ2n) is 5.07. The Kier molecular flexibility index (Phi) is 4.80. The number of fused-ring (bicyclic) bond motifs is 1. The summed E-state index contributed by atoms with van der Waals surface area (Å²) in [7, 11) is 3.57. The molecule has 0 fully saturated rings. The van der Waals surface area contributed by atoms with Crippen LogP contribution in [0.1, 0.15) is 6.92 Å². The maximum absolute atomic E-state index is 12.3. The van der Waals surface area contributed by atoms with Gasteiger partial charge in [-0.3, -0.25) is 14.5 Å². The summed E-state index contributed by atoms with van der Waals surface area (Å²) in [5, 5.41) is 2.99. The number of anilines is 1. The zero-order valence-corrected chi connectivity index (χ0v) is 12.6. The highest BCUT2D eigenvalue weighted by atomic mass is 16.5. The molecule has 114 valence electrons. The van der Waals surface area contributed by atoms with Crippen LogP contribution in [-0.2, 0) is 9.59 Å². The van der Waals surface area contributed by atoms with Gasteiger partial charge in [-0.25, -0.2) is 0 Å². The second kappa shape index (κ2) is 6.58. The van der Waals surface area contributed by atoms with Gasteiger partial charge in [0.1, 0.15) is 12.3 Å². The number of benzene rings is 1. The molecule has 2 rings (SSSR count). The number of carbonyl (C=O) groups is 2. The van der Waals surface area contributed by atoms with Crippen LogP contribution in [-0.4, -0.2) is 56.5 Å². The molecule has 1 N–H and O–H groups in total. The first-order chi connectivity index (χ1) is 10.0. The number of nitrogens with zero attached hydrogens (tertiary/aromatic N) is 2. The first-order valence-electron chi connectivity index (χ1n) is 7.00. The average Bonchev–Trinajstić information content (AvgIpc) is 2.49. The molecule has 1 unspecified atom stereocenters. The van der Waals surface area contributed by atoms with E-state index in [2.05, 4.69) is 5.32 Å². The average molecular weight is 291 g/mol. The van der Waals surface area contributed by atoms with Gasteiger partial charge in [0.25, 0.3) is 5.91 Å². The summed E-state index contributed by atoms with van der Waals surface area (Å²) in [4.78, 5) is 27.6. The summed E-state index contributed by atoms with van der Waals surface area (Å²) >= 11 is 0. The third-order valence-corrected chi connectivity index (χ3v) is 3.49. The van der Waals surface area contributed by atoms with E-state index < -0.39 is 6.10 Å². The van der Waals surface area contributed by atoms with Crippen LogP contribution in [0.15, 0.2) is 24.3 Å². The van der Waals surface area contributed by atoms with Gasteiger partial charge in [-0.1, -0.05) is 12.1 Å². The first kappa shape index (κ1) is 15.3. The Bertz CT molecular complexity index is 533. The number of hydrogen-bond donors (Lipinski definition) is 1. The third kappa shape index (κ3) is 3.33. The monoisotopic (exact) mass is 291 g/mol. The van der Waals surface area contributed by atoms with E-state index in [1.165, 1.54) is 4.90 Å². The largest absolute Gasteiger partial charge is 0.479 e. The van der Waals surface area contributed by atoms with Crippen molar-refractivity contribution in [2.75, 3.05) is 38.6 Å². The van der Waals surface area contributed by atoms with Crippen molar-refractivity contribution < 1.29 is 14.3 Å². The Labute approximate surface area is 124 Å². The van der Waals surface area contributed by atoms with Gasteiger partial charge in [0.15, 0.2) is 6.10 Å². The highest BCUT2D eigenvalue weighted by molar-refractivity contribution is 6.03. The number of carbonyl (C=O) groups excluding carboxylic acids is 2. The van der Waals surface area contributed by atoms with Crippen LogP contribution in [0.4, 0.5) is 5.69 Å². The van der Waals surface area contributed by atoms with E-state index in [0.29, 0.717) is 24.5 Å². The van der Waals surface area contributed by atoms with Crippen LogP contribution in [0, 0.1) is 0 Å². The van der Waals surface area contributed by atoms with E-state index in [0.717, 1.165) is 0 Å². The number of ether oxygens (including phenoxy) is 1. The lowest BCUT2D eigenvalue weighted by atomic mass is 10.2. The van der Waals surface area contributed by atoms with Gasteiger partial charge in [-0.2, -0.15) is 0 Å². The van der Waals surface area contributed by atoms with Crippen molar-refractivity contribution in [1.82, 2.24) is 10.2 Å². The number of hydrogen-bond acceptors (Lipinski definition) is 4. The van der Waals surface area contributed by atoms with E-state index in [4.69, 9.17) is 4.74 Å². The third-order valence-electron chi connectivity index (χ3n) is 3.49. The Morgan fingerprint density at radius 3 is 2.86 bits per heavy atom. The van der Waals surface area contributed by atoms with Crippen LogP contribution < -0.4 is 15.0 Å². The topological polar surface area (TPSA) is 61.9 Å². The smallest absolute Gasteiger partial charge is 0.268 e. The standard InChI is InChI=1S/C15H21N3O3/c1-11-15(20)18(10-14(19)17(3)9-8-16-2)12-6-4-5-7-13(12)21-11/h4-7,11,16H,8-10H2,1-3H3. The molecule has 6 nitrogen and oxygen atoms in total. The Morgan fingerprint density at radius 1 is 1.43 bits per heavy atom. The van der Waals surface area contributed by atoms with Gasteiger partial charge in [0.05, 0.1) is 5.69 Å². The Morgan fingerprint density at radius 2 is 2.14 bits per heavy atom. The highest BCUT2D eigenvalue weighted by Gasteiger charge is 2.32. The summed E-state index contributed by atoms with van der Waals surface area (Å²) in [5.41, 5.74) is 0.649. The Balaban J connectivity index is 2.14. The van der Waals surface area contributed by atoms with Crippen LogP contribution in [0.25, 0.3) is 0 Å². The van der Waals surface area contributed by atoms with E-state index >= 15 is 0 Å². The van der Waals surface area contributed by atoms with E-state index in [-0.39, 0.29) is 18.4 Å². The van der Waals surface area contributed by atoms with Crippen LogP contribution >= 0.6 is 0 Å². The quantitative estimate of drug-likeness (QED) is 0.857. The molecular weight excluding hydrogens is 270 g/mol. The van der Waals surface area contributed by atoms with Crippen molar-refractivity contribution in [3.63, 3.8) is 0 Å². The minimum absolute atomic E-state index is 0.0315. The van der Waals surface area contributed by atoms with Gasteiger partial charge >= 0.3 is 0 Å². The molecule has 1 aromatic carbocycles. The van der Waals surface area contributed by atoms with E-state index in [9.17, 15) is 9.59 Å². The van der Waals surface area contributed by atoms with E-state index in [1.54, 1.807) is 31.0 Å². The van der Waals surface area contributed by atoms with Crippen LogP contribution in [0.2, 0.25) is 0 Å². The lowest BCUT2D eigenvalue weighted by Gasteiger charge is -2.33. The molecule has 1 aliphatic heterocycles. The molecule has 1 heterocycles. The maximum atomic E-state index is 12.3. The minimum atomic E-state index is -0.574. The van der Waals surface area contributed by atoms with Gasteiger partial charge in [0, 0.05) is 20.1 Å². The lowest BCUT2D eigenvalue weighted by molar-refractivity contribution is -0.132.